The summed E-state index contributed by atoms with van der Waals surface area (Å²) in [6.45, 7) is 4.41. The highest BCUT2D eigenvalue weighted by Crippen LogP contribution is 2.46. The fraction of sp³-hybridized carbons (Fsp3) is 0.267. The molecule has 0 aliphatic carbocycles. The Balaban J connectivity index is 2.01. The van der Waals surface area contributed by atoms with Gasteiger partial charge in [0.05, 0.1) is 27.2 Å². The number of hydrogen-bond donors (Lipinski definition) is 5. The molecule has 0 spiro atoms. The maximum atomic E-state index is 13.3. The Bertz CT molecular complexity index is 1670. The molecule has 11 heteroatoms. The number of phenols is 4. The molecule has 11 nitrogen and oxygen atoms in total. The van der Waals surface area contributed by atoms with Crippen LogP contribution in [0.5, 0.6) is 40.2 Å². The summed E-state index contributed by atoms with van der Waals surface area (Å²) in [5.41, 5.74) is -0.933. The number of fused-ring (bicyclic) bond motifs is 1. The molecule has 5 N–H and O–H groups in total. The fourth-order valence-electron chi connectivity index (χ4n) is 4.45. The number of esters is 1. The zero-order valence-electron chi connectivity index (χ0n) is 22.8. The quantitative estimate of drug-likeness (QED) is 0.140. The smallest absolute Gasteiger partial charge is 0.306 e. The number of methoxy groups -OCH3 is 2. The second-order valence-electron chi connectivity index (χ2n) is 9.79. The van der Waals surface area contributed by atoms with E-state index in [1.54, 1.807) is 18.2 Å². The van der Waals surface area contributed by atoms with Gasteiger partial charge >= 0.3 is 5.97 Å². The van der Waals surface area contributed by atoms with Gasteiger partial charge in [-0.05, 0) is 41.8 Å². The van der Waals surface area contributed by atoms with E-state index in [0.29, 0.717) is 23.7 Å². The molecule has 0 saturated heterocycles. The number of carbonyl (C=O) groups excluding carboxylic acids is 1. The molecule has 41 heavy (non-hydrogen) atoms. The second kappa shape index (κ2) is 11.6. The SMILES string of the molecule is COC(=O)C[C@@H](c1ccc(OCC(C)C)c(OC)c1)c1c(O)cc(O)c2c(=O)c(O)c(-c3ccc(O)c(O)c3)oc12. The Morgan fingerprint density at radius 1 is 0.878 bits per heavy atom. The number of benzene rings is 3. The number of aromatic hydroxyl groups is 5. The zero-order chi connectivity index (χ0) is 30.0. The van der Waals surface area contributed by atoms with Crippen LogP contribution < -0.4 is 14.9 Å². The second-order valence-corrected chi connectivity index (χ2v) is 9.79. The minimum Gasteiger partial charge on any atom is -0.507 e. The summed E-state index contributed by atoms with van der Waals surface area (Å²) in [5, 5.41) is 51.6. The summed E-state index contributed by atoms with van der Waals surface area (Å²) in [4.78, 5) is 25.8. The standard InChI is InChI=1S/C30H30O11/c1-14(2)13-40-22-8-6-15(10-23(22)38-3)17(11-24(35)39-4)25-20(33)12-21(34)26-27(36)28(37)29(41-30(25)26)16-5-7-18(31)19(32)9-16/h5-10,12,14,17,31-34,37H,11,13H2,1-4H3/t17-/m0/s1. The topological polar surface area (TPSA) is 176 Å². The van der Waals surface area contributed by atoms with E-state index < -0.39 is 57.2 Å². The molecule has 1 heterocycles. The van der Waals surface area contributed by atoms with Crippen LogP contribution in [-0.4, -0.2) is 52.3 Å². The highest BCUT2D eigenvalue weighted by atomic mass is 16.5. The van der Waals surface area contributed by atoms with E-state index in [0.717, 1.165) is 18.2 Å². The van der Waals surface area contributed by atoms with Crippen molar-refractivity contribution in [1.29, 1.82) is 0 Å². The molecule has 4 rings (SSSR count). The number of ether oxygens (including phenoxy) is 3. The van der Waals surface area contributed by atoms with Crippen LogP contribution in [0.3, 0.4) is 0 Å². The van der Waals surface area contributed by atoms with Crippen LogP contribution in [0.15, 0.2) is 51.7 Å². The molecule has 1 aromatic heterocycles. The van der Waals surface area contributed by atoms with Gasteiger partial charge < -0.3 is 44.2 Å². The third-order valence-corrected chi connectivity index (χ3v) is 6.49. The lowest BCUT2D eigenvalue weighted by Crippen LogP contribution is -2.13. The van der Waals surface area contributed by atoms with E-state index >= 15 is 0 Å². The van der Waals surface area contributed by atoms with Crippen molar-refractivity contribution in [3.05, 3.63) is 63.8 Å². The summed E-state index contributed by atoms with van der Waals surface area (Å²) >= 11 is 0. The van der Waals surface area contributed by atoms with Crippen molar-refractivity contribution in [1.82, 2.24) is 0 Å². The molecule has 0 fully saturated rings. The van der Waals surface area contributed by atoms with Crippen molar-refractivity contribution in [3.8, 4) is 51.6 Å². The molecule has 0 bridgehead atoms. The first-order valence-corrected chi connectivity index (χ1v) is 12.6. The molecule has 0 aliphatic rings. The lowest BCUT2D eigenvalue weighted by molar-refractivity contribution is -0.140. The van der Waals surface area contributed by atoms with E-state index in [-0.39, 0.29) is 29.0 Å². The van der Waals surface area contributed by atoms with Crippen LogP contribution in [0.25, 0.3) is 22.3 Å². The van der Waals surface area contributed by atoms with E-state index in [2.05, 4.69) is 0 Å². The van der Waals surface area contributed by atoms with Crippen LogP contribution in [-0.2, 0) is 9.53 Å². The molecule has 0 aliphatic heterocycles. The van der Waals surface area contributed by atoms with Gasteiger partial charge in [0.15, 0.2) is 28.8 Å². The van der Waals surface area contributed by atoms with Gasteiger partial charge in [0.25, 0.3) is 0 Å². The van der Waals surface area contributed by atoms with Gasteiger partial charge in [-0.1, -0.05) is 19.9 Å². The van der Waals surface area contributed by atoms with Gasteiger partial charge in [-0.2, -0.15) is 0 Å². The average molecular weight is 567 g/mol. The van der Waals surface area contributed by atoms with Crippen LogP contribution in [0.4, 0.5) is 0 Å². The van der Waals surface area contributed by atoms with Crippen molar-refractivity contribution < 1.29 is 49.0 Å². The van der Waals surface area contributed by atoms with E-state index in [1.807, 2.05) is 13.8 Å². The largest absolute Gasteiger partial charge is 0.507 e. The molecular weight excluding hydrogens is 536 g/mol. The molecule has 0 amide bonds. The first-order valence-electron chi connectivity index (χ1n) is 12.6. The van der Waals surface area contributed by atoms with Crippen molar-refractivity contribution in [2.24, 2.45) is 5.92 Å². The summed E-state index contributed by atoms with van der Waals surface area (Å²) in [7, 11) is 2.65. The molecule has 0 saturated carbocycles. The summed E-state index contributed by atoms with van der Waals surface area (Å²) in [5.74, 6) is -4.05. The predicted molar refractivity (Wildman–Crippen MR) is 148 cm³/mol. The highest BCUT2D eigenvalue weighted by Gasteiger charge is 2.30. The van der Waals surface area contributed by atoms with Crippen LogP contribution in [0.2, 0.25) is 0 Å². The monoisotopic (exact) mass is 566 g/mol. The Labute approximate surface area is 234 Å². The number of carbonyl (C=O) groups is 1. The first kappa shape index (κ1) is 28.9. The molecule has 3 aromatic carbocycles. The normalized spacial score (nSPS) is 11.9. The molecule has 1 atom stereocenters. The first-order chi connectivity index (χ1) is 19.5. The number of rotatable bonds is 9. The summed E-state index contributed by atoms with van der Waals surface area (Å²) < 4.78 is 22.2. The van der Waals surface area contributed by atoms with Gasteiger partial charge in [-0.15, -0.1) is 0 Å². The Morgan fingerprint density at radius 3 is 2.24 bits per heavy atom. The number of hydrogen-bond acceptors (Lipinski definition) is 11. The third-order valence-electron chi connectivity index (χ3n) is 6.49. The van der Waals surface area contributed by atoms with Gasteiger partial charge in [-0.3, -0.25) is 9.59 Å². The fourth-order valence-corrected chi connectivity index (χ4v) is 4.45. The minimum atomic E-state index is -1.03. The van der Waals surface area contributed by atoms with Gasteiger partial charge in [0.1, 0.15) is 22.5 Å². The highest BCUT2D eigenvalue weighted by molar-refractivity contribution is 5.92. The van der Waals surface area contributed by atoms with E-state index in [9.17, 15) is 35.1 Å². The minimum absolute atomic E-state index is 0.0171. The summed E-state index contributed by atoms with van der Waals surface area (Å²) in [6, 6.07) is 9.31. The van der Waals surface area contributed by atoms with Crippen molar-refractivity contribution in [2.75, 3.05) is 20.8 Å². The molecule has 0 radical (unpaired) electrons. The van der Waals surface area contributed by atoms with Crippen LogP contribution >= 0.6 is 0 Å². The molecular formula is C30H30O11. The lowest BCUT2D eigenvalue weighted by atomic mass is 9.86. The van der Waals surface area contributed by atoms with Gasteiger partial charge in [-0.25, -0.2) is 0 Å². The van der Waals surface area contributed by atoms with E-state index in [4.69, 9.17) is 18.6 Å². The summed E-state index contributed by atoms with van der Waals surface area (Å²) in [6.07, 6.45) is -0.320. The molecule has 216 valence electrons. The maximum Gasteiger partial charge on any atom is 0.306 e. The Hall–Kier alpha value is -5.06. The van der Waals surface area contributed by atoms with Crippen molar-refractivity contribution >= 4 is 16.9 Å². The number of phenolic OH excluding ortho intramolecular Hbond substituents is 4. The Morgan fingerprint density at radius 2 is 1.61 bits per heavy atom. The maximum absolute atomic E-state index is 13.3. The van der Waals surface area contributed by atoms with Crippen molar-refractivity contribution in [2.45, 2.75) is 26.2 Å². The van der Waals surface area contributed by atoms with Crippen LogP contribution in [0, 0.1) is 5.92 Å². The zero-order valence-corrected chi connectivity index (χ0v) is 22.8. The predicted octanol–water partition coefficient (Wildman–Crippen LogP) is 4.73. The van der Waals surface area contributed by atoms with E-state index in [1.165, 1.54) is 20.3 Å². The molecule has 0 unspecified atom stereocenters. The lowest BCUT2D eigenvalue weighted by Gasteiger charge is -2.22. The van der Waals surface area contributed by atoms with Crippen molar-refractivity contribution in [3.63, 3.8) is 0 Å². The van der Waals surface area contributed by atoms with Gasteiger partial charge in [0, 0.05) is 23.1 Å². The van der Waals surface area contributed by atoms with Gasteiger partial charge in [0.2, 0.25) is 11.2 Å². The average Bonchev–Trinajstić information content (AvgIpc) is 2.94. The third kappa shape index (κ3) is 5.65. The Kier molecular flexibility index (Phi) is 8.18. The van der Waals surface area contributed by atoms with Crippen LogP contribution in [0.1, 0.15) is 37.3 Å². The molecule has 4 aromatic rings.